The van der Waals surface area contributed by atoms with E-state index in [-0.39, 0.29) is 6.04 Å². The fraction of sp³-hybridized carbons (Fsp3) is 0.0625. The van der Waals surface area contributed by atoms with E-state index in [9.17, 15) is 0 Å². The summed E-state index contributed by atoms with van der Waals surface area (Å²) >= 11 is 7.07. The minimum atomic E-state index is -0.133. The van der Waals surface area contributed by atoms with Gasteiger partial charge in [0.05, 0.1) is 6.04 Å². The van der Waals surface area contributed by atoms with Gasteiger partial charge < -0.3 is 0 Å². The lowest BCUT2D eigenvalue weighted by molar-refractivity contribution is 0.636. The van der Waals surface area contributed by atoms with Gasteiger partial charge in [0, 0.05) is 32.3 Å². The topological polar surface area (TPSA) is 50.9 Å². The first-order chi connectivity index (χ1) is 10.2. The molecule has 0 radical (unpaired) electrons. The molecule has 0 fully saturated rings. The lowest BCUT2D eigenvalue weighted by Gasteiger charge is -2.20. The molecule has 1 atom stereocenters. The molecule has 3 rings (SSSR count). The number of fused-ring (bicyclic) bond motifs is 1. The minimum Gasteiger partial charge on any atom is -0.271 e. The van der Waals surface area contributed by atoms with Crippen molar-refractivity contribution in [2.75, 3.05) is 0 Å². The van der Waals surface area contributed by atoms with Gasteiger partial charge in [0.15, 0.2) is 0 Å². The lowest BCUT2D eigenvalue weighted by atomic mass is 9.96. The average Bonchev–Trinajstić information content (AvgIpc) is 2.50. The maximum Gasteiger partial charge on any atom is 0.0742 e. The lowest BCUT2D eigenvalue weighted by Crippen LogP contribution is -2.29. The Morgan fingerprint density at radius 3 is 2.57 bits per heavy atom. The number of nitrogens with zero attached hydrogens (tertiary/aromatic N) is 1. The molecule has 0 bridgehead atoms. The van der Waals surface area contributed by atoms with E-state index in [1.54, 1.807) is 0 Å². The van der Waals surface area contributed by atoms with Crippen LogP contribution < -0.4 is 11.3 Å². The molecular weight excluding hydrogens is 394 g/mol. The molecule has 0 aliphatic heterocycles. The molecule has 0 amide bonds. The Morgan fingerprint density at radius 2 is 1.81 bits per heavy atom. The molecule has 0 saturated carbocycles. The van der Waals surface area contributed by atoms with Crippen LogP contribution in [0.1, 0.15) is 17.2 Å². The molecule has 0 aliphatic rings. The Bertz CT molecular complexity index is 784. The third-order valence-electron chi connectivity index (χ3n) is 3.45. The molecule has 0 saturated heterocycles. The largest absolute Gasteiger partial charge is 0.271 e. The molecule has 1 aromatic heterocycles. The zero-order valence-corrected chi connectivity index (χ0v) is 14.2. The van der Waals surface area contributed by atoms with Crippen LogP contribution >= 0.6 is 31.9 Å². The smallest absolute Gasteiger partial charge is 0.0742 e. The zero-order chi connectivity index (χ0) is 14.8. The van der Waals surface area contributed by atoms with E-state index < -0.39 is 0 Å². The fourth-order valence-corrected chi connectivity index (χ4v) is 3.73. The van der Waals surface area contributed by atoms with E-state index in [0.717, 1.165) is 30.8 Å². The summed E-state index contributed by atoms with van der Waals surface area (Å²) in [6, 6.07) is 14.1. The quantitative estimate of drug-likeness (QED) is 0.503. The Morgan fingerprint density at radius 1 is 1.00 bits per heavy atom. The first-order valence-electron chi connectivity index (χ1n) is 6.44. The summed E-state index contributed by atoms with van der Waals surface area (Å²) in [7, 11) is 0. The van der Waals surface area contributed by atoms with E-state index in [1.807, 2.05) is 42.7 Å². The van der Waals surface area contributed by atoms with Crippen LogP contribution in [0.15, 0.2) is 63.8 Å². The Hall–Kier alpha value is -1.27. The Balaban J connectivity index is 2.18. The van der Waals surface area contributed by atoms with Crippen LogP contribution in [-0.4, -0.2) is 4.98 Å². The van der Waals surface area contributed by atoms with E-state index in [0.29, 0.717) is 0 Å². The number of benzene rings is 2. The van der Waals surface area contributed by atoms with Crippen molar-refractivity contribution in [3.63, 3.8) is 0 Å². The Kier molecular flexibility index (Phi) is 4.35. The van der Waals surface area contributed by atoms with Crippen LogP contribution in [0.2, 0.25) is 0 Å². The molecule has 2 aromatic carbocycles. The number of nitrogens with two attached hydrogens (primary N) is 1. The van der Waals surface area contributed by atoms with Gasteiger partial charge in [-0.2, -0.15) is 0 Å². The van der Waals surface area contributed by atoms with Crippen LogP contribution in [0.5, 0.6) is 0 Å². The standard InChI is InChI=1S/C16H13Br2N3/c17-11-5-6-13(15(18)7-11)16(21-19)14-9-20-8-10-3-1-2-4-12(10)14/h1-9,16,21H,19H2. The number of hydrazine groups is 1. The van der Waals surface area contributed by atoms with E-state index in [4.69, 9.17) is 5.84 Å². The monoisotopic (exact) mass is 405 g/mol. The third-order valence-corrected chi connectivity index (χ3v) is 4.63. The number of halogens is 2. The summed E-state index contributed by atoms with van der Waals surface area (Å²) in [5, 5.41) is 2.24. The van der Waals surface area contributed by atoms with Crippen LogP contribution in [0.3, 0.4) is 0 Å². The number of hydrogen-bond donors (Lipinski definition) is 2. The second kappa shape index (κ2) is 6.23. The van der Waals surface area contributed by atoms with Gasteiger partial charge in [0.1, 0.15) is 0 Å². The summed E-state index contributed by atoms with van der Waals surface area (Å²) in [6.07, 6.45) is 3.73. The molecule has 0 aliphatic carbocycles. The van der Waals surface area contributed by atoms with Crippen LogP contribution in [0.25, 0.3) is 10.8 Å². The van der Waals surface area contributed by atoms with E-state index in [2.05, 4.69) is 54.4 Å². The molecule has 3 aromatic rings. The van der Waals surface area contributed by atoms with Crippen molar-refractivity contribution in [2.45, 2.75) is 6.04 Å². The first kappa shape index (κ1) is 14.7. The van der Waals surface area contributed by atoms with Crippen molar-refractivity contribution >= 4 is 42.6 Å². The van der Waals surface area contributed by atoms with Crippen LogP contribution in [0.4, 0.5) is 0 Å². The molecule has 1 unspecified atom stereocenters. The summed E-state index contributed by atoms with van der Waals surface area (Å²) < 4.78 is 2.01. The molecule has 3 N–H and O–H groups in total. The first-order valence-corrected chi connectivity index (χ1v) is 8.03. The molecule has 5 heteroatoms. The molecule has 0 spiro atoms. The number of nitrogens with one attached hydrogen (secondary N) is 1. The number of pyridine rings is 1. The fourth-order valence-electron chi connectivity index (χ4n) is 2.45. The van der Waals surface area contributed by atoms with Gasteiger partial charge in [-0.15, -0.1) is 0 Å². The van der Waals surface area contributed by atoms with Gasteiger partial charge in [0.25, 0.3) is 0 Å². The highest BCUT2D eigenvalue weighted by Crippen LogP contribution is 2.33. The predicted octanol–water partition coefficient (Wildman–Crippen LogP) is 4.31. The van der Waals surface area contributed by atoms with Crippen LogP contribution in [-0.2, 0) is 0 Å². The van der Waals surface area contributed by atoms with Crippen molar-refractivity contribution in [2.24, 2.45) is 5.84 Å². The SMILES string of the molecule is NNC(c1ccc(Br)cc1Br)c1cncc2ccccc12. The maximum atomic E-state index is 5.82. The molecule has 1 heterocycles. The average molecular weight is 407 g/mol. The molecular formula is C16H13Br2N3. The summed E-state index contributed by atoms with van der Waals surface area (Å²) in [5.41, 5.74) is 5.02. The van der Waals surface area contributed by atoms with Gasteiger partial charge in [-0.1, -0.05) is 62.2 Å². The highest BCUT2D eigenvalue weighted by molar-refractivity contribution is 9.11. The molecule has 3 nitrogen and oxygen atoms in total. The second-order valence-corrected chi connectivity index (χ2v) is 6.49. The summed E-state index contributed by atoms with van der Waals surface area (Å²) in [5.74, 6) is 5.82. The second-order valence-electron chi connectivity index (χ2n) is 4.72. The predicted molar refractivity (Wildman–Crippen MR) is 92.8 cm³/mol. The highest BCUT2D eigenvalue weighted by Gasteiger charge is 2.18. The zero-order valence-electron chi connectivity index (χ0n) is 11.1. The maximum absolute atomic E-state index is 5.82. The van der Waals surface area contributed by atoms with Crippen molar-refractivity contribution in [3.8, 4) is 0 Å². The summed E-state index contributed by atoms with van der Waals surface area (Å²) in [4.78, 5) is 4.33. The van der Waals surface area contributed by atoms with Gasteiger partial charge >= 0.3 is 0 Å². The van der Waals surface area contributed by atoms with Gasteiger partial charge in [-0.05, 0) is 23.1 Å². The molecule has 106 valence electrons. The third kappa shape index (κ3) is 2.87. The molecule has 21 heavy (non-hydrogen) atoms. The van der Waals surface area contributed by atoms with Gasteiger partial charge in [-0.3, -0.25) is 10.8 Å². The highest BCUT2D eigenvalue weighted by atomic mass is 79.9. The van der Waals surface area contributed by atoms with Crippen molar-refractivity contribution in [1.82, 2.24) is 10.4 Å². The van der Waals surface area contributed by atoms with Crippen LogP contribution in [0, 0.1) is 0 Å². The van der Waals surface area contributed by atoms with Crippen molar-refractivity contribution < 1.29 is 0 Å². The van der Waals surface area contributed by atoms with Crippen molar-refractivity contribution in [1.29, 1.82) is 0 Å². The van der Waals surface area contributed by atoms with Gasteiger partial charge in [0.2, 0.25) is 0 Å². The van der Waals surface area contributed by atoms with Gasteiger partial charge in [-0.25, -0.2) is 5.43 Å². The Labute approximate surface area is 139 Å². The number of hydrogen-bond acceptors (Lipinski definition) is 3. The van der Waals surface area contributed by atoms with E-state index >= 15 is 0 Å². The number of aromatic nitrogens is 1. The minimum absolute atomic E-state index is 0.133. The number of rotatable bonds is 3. The summed E-state index contributed by atoms with van der Waals surface area (Å²) in [6.45, 7) is 0. The van der Waals surface area contributed by atoms with Crippen molar-refractivity contribution in [3.05, 3.63) is 74.9 Å². The van der Waals surface area contributed by atoms with E-state index in [1.165, 1.54) is 0 Å². The normalized spacial score (nSPS) is 12.5.